The van der Waals surface area contributed by atoms with E-state index in [2.05, 4.69) is 30.5 Å². The Labute approximate surface area is 313 Å². The number of carbonyl (C=O) groups is 3. The summed E-state index contributed by atoms with van der Waals surface area (Å²) in [6.07, 6.45) is -0.905. The van der Waals surface area contributed by atoms with Crippen molar-refractivity contribution in [3.05, 3.63) is 95.3 Å². The number of aromatic amines is 1. The molecule has 0 radical (unpaired) electrons. The number of benzene rings is 2. The van der Waals surface area contributed by atoms with Gasteiger partial charge in [0.05, 0.1) is 30.0 Å². The highest BCUT2D eigenvalue weighted by Gasteiger charge is 2.35. The number of anilines is 2. The average Bonchev–Trinajstić information content (AvgIpc) is 3.71. The van der Waals surface area contributed by atoms with Crippen molar-refractivity contribution < 1.29 is 36.7 Å². The number of ether oxygens (including phenoxy) is 1. The molecule has 286 valence electrons. The van der Waals surface area contributed by atoms with E-state index >= 15 is 0 Å². The zero-order chi connectivity index (χ0) is 39.3. The number of carbonyl (C=O) groups excluding carboxylic acids is 3. The van der Waals surface area contributed by atoms with E-state index in [1.807, 2.05) is 19.9 Å². The van der Waals surface area contributed by atoms with E-state index in [-0.39, 0.29) is 48.6 Å². The molecule has 3 amide bonds. The summed E-state index contributed by atoms with van der Waals surface area (Å²) in [7, 11) is 0. The van der Waals surface area contributed by atoms with Gasteiger partial charge in [0.1, 0.15) is 30.1 Å². The Hall–Kier alpha value is -6.26. The molecule has 6 rings (SSSR count). The number of nitrogens with one attached hydrogen (secondary N) is 2. The molecule has 0 aliphatic carbocycles. The predicted octanol–water partition coefficient (Wildman–Crippen LogP) is 6.16. The lowest BCUT2D eigenvalue weighted by atomic mass is 9.95. The number of fused-ring (bicyclic) bond motifs is 1. The number of halogens is 4. The van der Waals surface area contributed by atoms with Crippen molar-refractivity contribution in [3.8, 4) is 28.5 Å². The number of likely N-dealkylation sites (N-methyl/N-ethyl adjacent to an activating group) is 1. The molecule has 0 saturated carbocycles. The second-order valence-corrected chi connectivity index (χ2v) is 12.7. The fourth-order valence-corrected chi connectivity index (χ4v) is 6.22. The molecule has 2 aromatic carbocycles. The van der Waals surface area contributed by atoms with Crippen LogP contribution >= 0.6 is 0 Å². The smallest absolute Gasteiger partial charge is 0.416 e. The first kappa shape index (κ1) is 38.5. The quantitative estimate of drug-likeness (QED) is 0.106. The Kier molecular flexibility index (Phi) is 11.5. The molecule has 2 N–H and O–H groups in total. The van der Waals surface area contributed by atoms with Gasteiger partial charge in [0, 0.05) is 36.3 Å². The highest BCUT2D eigenvalue weighted by molar-refractivity contribution is 6.09. The van der Waals surface area contributed by atoms with Gasteiger partial charge in [0.15, 0.2) is 17.5 Å². The number of H-pyrrole nitrogens is 1. The number of rotatable bonds is 13. The first-order valence-corrected chi connectivity index (χ1v) is 17.6. The Morgan fingerprint density at radius 1 is 1.00 bits per heavy atom. The number of hydrogen-bond donors (Lipinski definition) is 2. The van der Waals surface area contributed by atoms with Crippen molar-refractivity contribution in [2.45, 2.75) is 58.7 Å². The summed E-state index contributed by atoms with van der Waals surface area (Å²) >= 11 is 0. The fourth-order valence-electron chi connectivity index (χ4n) is 6.22. The molecular formula is C38H37F4N9O4. The first-order valence-electron chi connectivity index (χ1n) is 17.6. The number of aryl methyl sites for hydroxylation is 1. The number of alkyl halides is 3. The van der Waals surface area contributed by atoms with Crippen LogP contribution in [0.4, 0.5) is 29.2 Å². The van der Waals surface area contributed by atoms with Crippen LogP contribution in [0.3, 0.4) is 0 Å². The van der Waals surface area contributed by atoms with E-state index in [1.54, 1.807) is 43.5 Å². The maximum Gasteiger partial charge on any atom is 0.416 e. The molecule has 5 aromatic rings. The highest BCUT2D eigenvalue weighted by atomic mass is 19.4. The Balaban J connectivity index is 1.04. The minimum absolute atomic E-state index is 0.0665. The summed E-state index contributed by atoms with van der Waals surface area (Å²) in [6, 6.07) is 12.4. The molecule has 13 nitrogen and oxygen atoms in total. The lowest BCUT2D eigenvalue weighted by Crippen LogP contribution is -2.49. The second kappa shape index (κ2) is 16.4. The van der Waals surface area contributed by atoms with Crippen molar-refractivity contribution in [2.75, 3.05) is 29.5 Å². The van der Waals surface area contributed by atoms with Crippen LogP contribution < -0.4 is 19.9 Å². The van der Waals surface area contributed by atoms with Gasteiger partial charge in [0.2, 0.25) is 17.7 Å². The third-order valence-electron chi connectivity index (χ3n) is 9.11. The first-order chi connectivity index (χ1) is 26.4. The molecule has 1 unspecified atom stereocenters. The zero-order valence-electron chi connectivity index (χ0n) is 30.2. The SMILES string of the molecule is CCC(C(=O)NCc1cc(C(F)(F)F)ccc1F)c1ccc(OCCCC(=O)N2CC(=O)N(CC)c3nc(-c4ccc(-c5ncn[nH]5)nc4C)cnc32)cc1. The number of amides is 3. The van der Waals surface area contributed by atoms with Gasteiger partial charge in [-0.1, -0.05) is 19.1 Å². The topological polar surface area (TPSA) is 159 Å². The molecule has 1 aliphatic heterocycles. The molecule has 0 bridgehead atoms. The Bertz CT molecular complexity index is 2180. The highest BCUT2D eigenvalue weighted by Crippen LogP contribution is 2.34. The van der Waals surface area contributed by atoms with Crippen molar-refractivity contribution in [2.24, 2.45) is 0 Å². The lowest BCUT2D eigenvalue weighted by Gasteiger charge is -2.33. The fraction of sp³-hybridized carbons (Fsp3) is 0.316. The van der Waals surface area contributed by atoms with E-state index in [9.17, 15) is 31.9 Å². The third-order valence-corrected chi connectivity index (χ3v) is 9.11. The molecule has 0 spiro atoms. The monoisotopic (exact) mass is 759 g/mol. The maximum atomic E-state index is 14.2. The van der Waals surface area contributed by atoms with Crippen LogP contribution in [0.15, 0.2) is 67.1 Å². The van der Waals surface area contributed by atoms with E-state index in [1.165, 1.54) is 16.1 Å². The van der Waals surface area contributed by atoms with Crippen LogP contribution in [-0.4, -0.2) is 67.6 Å². The summed E-state index contributed by atoms with van der Waals surface area (Å²) in [6.45, 7) is 5.38. The van der Waals surface area contributed by atoms with Crippen LogP contribution in [0, 0.1) is 12.7 Å². The van der Waals surface area contributed by atoms with Crippen molar-refractivity contribution in [1.29, 1.82) is 0 Å². The summed E-state index contributed by atoms with van der Waals surface area (Å²) in [5.41, 5.74) is 1.84. The summed E-state index contributed by atoms with van der Waals surface area (Å²) in [4.78, 5) is 60.4. The predicted molar refractivity (Wildman–Crippen MR) is 193 cm³/mol. The Morgan fingerprint density at radius 2 is 1.78 bits per heavy atom. The molecule has 1 aliphatic rings. The van der Waals surface area contributed by atoms with Gasteiger partial charge in [0.25, 0.3) is 0 Å². The average molecular weight is 760 g/mol. The molecule has 55 heavy (non-hydrogen) atoms. The van der Waals surface area contributed by atoms with Gasteiger partial charge in [-0.3, -0.25) is 29.3 Å². The van der Waals surface area contributed by atoms with E-state index < -0.39 is 35.9 Å². The van der Waals surface area contributed by atoms with E-state index in [0.29, 0.717) is 71.3 Å². The minimum Gasteiger partial charge on any atom is -0.494 e. The molecule has 0 fully saturated rings. The van der Waals surface area contributed by atoms with Gasteiger partial charge < -0.3 is 10.1 Å². The normalized spacial score (nSPS) is 13.4. The van der Waals surface area contributed by atoms with Gasteiger partial charge in [-0.2, -0.15) is 18.3 Å². The van der Waals surface area contributed by atoms with Gasteiger partial charge in [-0.25, -0.2) is 24.3 Å². The molecule has 3 aromatic heterocycles. The lowest BCUT2D eigenvalue weighted by molar-refractivity contribution is -0.137. The third kappa shape index (κ3) is 8.60. The zero-order valence-corrected chi connectivity index (χ0v) is 30.2. The molecule has 0 saturated heterocycles. The van der Waals surface area contributed by atoms with Gasteiger partial charge >= 0.3 is 6.18 Å². The molecule has 1 atom stereocenters. The Morgan fingerprint density at radius 3 is 2.45 bits per heavy atom. The largest absolute Gasteiger partial charge is 0.494 e. The molecule has 4 heterocycles. The van der Waals surface area contributed by atoms with Crippen LogP contribution in [-0.2, 0) is 27.1 Å². The maximum absolute atomic E-state index is 14.2. The standard InChI is InChI=1S/C38H37F4N9O4/c1-4-27(37(54)44-18-24-17-25(38(40,41)42)10-14-29(24)39)23-8-11-26(12-9-23)55-16-6-7-32(52)51-20-33(53)50(5-2)36-35(51)43-19-31(48-36)28-13-15-30(47-22(28)3)34-45-21-46-49-34/h8-15,17,19,21,27H,4-7,16,18,20H2,1-3H3,(H,44,54)(H,45,46,49). The number of hydrogen-bond acceptors (Lipinski definition) is 9. The van der Waals surface area contributed by atoms with E-state index in [0.717, 1.165) is 6.07 Å². The van der Waals surface area contributed by atoms with Crippen molar-refractivity contribution in [3.63, 3.8) is 0 Å². The van der Waals surface area contributed by atoms with Gasteiger partial charge in [-0.05, 0) is 74.7 Å². The van der Waals surface area contributed by atoms with Crippen molar-refractivity contribution in [1.82, 2.24) is 35.5 Å². The van der Waals surface area contributed by atoms with Crippen molar-refractivity contribution >= 4 is 29.4 Å². The van der Waals surface area contributed by atoms with Crippen LogP contribution in [0.2, 0.25) is 0 Å². The van der Waals surface area contributed by atoms with E-state index in [4.69, 9.17) is 9.72 Å². The van der Waals surface area contributed by atoms with Crippen LogP contribution in [0.25, 0.3) is 22.8 Å². The number of aromatic nitrogens is 6. The number of nitrogens with zero attached hydrogens (tertiary/aromatic N) is 7. The summed E-state index contributed by atoms with van der Waals surface area (Å²) in [5, 5.41) is 9.19. The summed E-state index contributed by atoms with van der Waals surface area (Å²) < 4.78 is 59.2. The minimum atomic E-state index is -4.64. The second-order valence-electron chi connectivity index (χ2n) is 12.7. The molecular weight excluding hydrogens is 722 g/mol. The summed E-state index contributed by atoms with van der Waals surface area (Å²) in [5.74, 6) is -0.972. The van der Waals surface area contributed by atoms with Gasteiger partial charge in [-0.15, -0.1) is 0 Å². The molecule has 17 heteroatoms. The van der Waals surface area contributed by atoms with Crippen LogP contribution in [0.1, 0.15) is 61.4 Å². The number of pyridine rings is 1. The van der Waals surface area contributed by atoms with Crippen LogP contribution in [0.5, 0.6) is 5.75 Å².